The predicted molar refractivity (Wildman–Crippen MR) is 77.4 cm³/mol. The minimum atomic E-state index is -0.628. The Bertz CT molecular complexity index is 459. The SMILES string of the molecule is C=CCOc1ccccc1CNC(=O)C1(N)CC1.Cl. The van der Waals surface area contributed by atoms with Gasteiger partial charge < -0.3 is 15.8 Å². The summed E-state index contributed by atoms with van der Waals surface area (Å²) < 4.78 is 5.52. The Balaban J connectivity index is 0.00000180. The van der Waals surface area contributed by atoms with Crippen LogP contribution in [0.2, 0.25) is 0 Å². The van der Waals surface area contributed by atoms with Gasteiger partial charge in [-0.2, -0.15) is 0 Å². The Kier molecular flexibility index (Phi) is 5.39. The van der Waals surface area contributed by atoms with Gasteiger partial charge in [-0.1, -0.05) is 30.9 Å². The molecule has 0 radical (unpaired) electrons. The van der Waals surface area contributed by atoms with Gasteiger partial charge in [0.25, 0.3) is 0 Å². The lowest BCUT2D eigenvalue weighted by molar-refractivity contribution is -0.123. The fourth-order valence-electron chi connectivity index (χ4n) is 1.65. The molecule has 19 heavy (non-hydrogen) atoms. The van der Waals surface area contributed by atoms with Crippen molar-refractivity contribution in [1.29, 1.82) is 0 Å². The molecule has 1 amide bonds. The fourth-order valence-corrected chi connectivity index (χ4v) is 1.65. The largest absolute Gasteiger partial charge is 0.489 e. The van der Waals surface area contributed by atoms with Crippen LogP contribution in [0.5, 0.6) is 5.75 Å². The van der Waals surface area contributed by atoms with Crippen LogP contribution in [0.15, 0.2) is 36.9 Å². The molecule has 4 nitrogen and oxygen atoms in total. The first kappa shape index (κ1) is 15.5. The average molecular weight is 283 g/mol. The molecule has 0 saturated heterocycles. The predicted octanol–water partition coefficient (Wildman–Crippen LogP) is 1.78. The van der Waals surface area contributed by atoms with E-state index in [4.69, 9.17) is 10.5 Å². The molecule has 0 atom stereocenters. The molecule has 1 aliphatic carbocycles. The van der Waals surface area contributed by atoms with Crippen LogP contribution in [0.3, 0.4) is 0 Å². The third-order valence-corrected chi connectivity index (χ3v) is 3.01. The smallest absolute Gasteiger partial charge is 0.240 e. The van der Waals surface area contributed by atoms with E-state index in [0.717, 1.165) is 24.2 Å². The van der Waals surface area contributed by atoms with Gasteiger partial charge in [0.05, 0.1) is 5.54 Å². The maximum Gasteiger partial charge on any atom is 0.240 e. The molecule has 104 valence electrons. The second kappa shape index (κ2) is 6.59. The van der Waals surface area contributed by atoms with Crippen molar-refractivity contribution in [3.8, 4) is 5.75 Å². The summed E-state index contributed by atoms with van der Waals surface area (Å²) in [5, 5.41) is 2.85. The van der Waals surface area contributed by atoms with Crippen LogP contribution in [0.4, 0.5) is 0 Å². The van der Waals surface area contributed by atoms with Crippen molar-refractivity contribution in [2.45, 2.75) is 24.9 Å². The molecular weight excluding hydrogens is 264 g/mol. The van der Waals surface area contributed by atoms with Crippen LogP contribution in [0.1, 0.15) is 18.4 Å². The van der Waals surface area contributed by atoms with E-state index >= 15 is 0 Å². The Morgan fingerprint density at radius 3 is 2.79 bits per heavy atom. The first-order chi connectivity index (χ1) is 8.65. The Morgan fingerprint density at radius 1 is 1.47 bits per heavy atom. The van der Waals surface area contributed by atoms with Crippen LogP contribution < -0.4 is 15.8 Å². The number of carbonyl (C=O) groups is 1. The van der Waals surface area contributed by atoms with Crippen molar-refractivity contribution < 1.29 is 9.53 Å². The number of halogens is 1. The maximum absolute atomic E-state index is 11.7. The molecule has 0 aromatic heterocycles. The van der Waals surface area contributed by atoms with Gasteiger partial charge in [-0.25, -0.2) is 0 Å². The molecule has 0 aliphatic heterocycles. The summed E-state index contributed by atoms with van der Waals surface area (Å²) in [6.07, 6.45) is 3.23. The summed E-state index contributed by atoms with van der Waals surface area (Å²) in [5.41, 5.74) is 6.13. The van der Waals surface area contributed by atoms with Crippen LogP contribution in [0.25, 0.3) is 0 Å². The van der Waals surface area contributed by atoms with E-state index in [-0.39, 0.29) is 18.3 Å². The van der Waals surface area contributed by atoms with Gasteiger partial charge in [-0.05, 0) is 18.9 Å². The highest BCUT2D eigenvalue weighted by Gasteiger charge is 2.45. The summed E-state index contributed by atoms with van der Waals surface area (Å²) in [6.45, 7) is 4.49. The molecule has 1 aromatic carbocycles. The molecule has 3 N–H and O–H groups in total. The standard InChI is InChI=1S/C14H18N2O2.ClH/c1-2-9-18-12-6-4-3-5-11(12)10-16-13(17)14(15)7-8-14;/h2-6H,1,7-10,15H2,(H,16,17);1H. The Labute approximate surface area is 119 Å². The third kappa shape index (κ3) is 3.98. The van der Waals surface area contributed by atoms with Gasteiger partial charge in [-0.3, -0.25) is 4.79 Å². The van der Waals surface area contributed by atoms with Crippen molar-refractivity contribution in [3.05, 3.63) is 42.5 Å². The number of hydrogen-bond acceptors (Lipinski definition) is 3. The summed E-state index contributed by atoms with van der Waals surface area (Å²) >= 11 is 0. The number of nitrogens with two attached hydrogens (primary N) is 1. The van der Waals surface area contributed by atoms with E-state index in [1.165, 1.54) is 0 Å². The number of amides is 1. The number of hydrogen-bond donors (Lipinski definition) is 2. The lowest BCUT2D eigenvalue weighted by Crippen LogP contribution is -2.42. The second-order valence-electron chi connectivity index (χ2n) is 4.55. The molecule has 2 rings (SSSR count). The van der Waals surface area contributed by atoms with Crippen molar-refractivity contribution in [2.24, 2.45) is 5.73 Å². The zero-order valence-electron chi connectivity index (χ0n) is 10.7. The Morgan fingerprint density at radius 2 is 2.16 bits per heavy atom. The minimum absolute atomic E-state index is 0. The van der Waals surface area contributed by atoms with Gasteiger partial charge >= 0.3 is 0 Å². The topological polar surface area (TPSA) is 64.3 Å². The maximum atomic E-state index is 11.7. The quantitative estimate of drug-likeness (QED) is 0.782. The average Bonchev–Trinajstić information content (AvgIpc) is 3.14. The number of ether oxygens (including phenoxy) is 1. The van der Waals surface area contributed by atoms with Crippen LogP contribution >= 0.6 is 12.4 Å². The van der Waals surface area contributed by atoms with E-state index in [0.29, 0.717) is 13.2 Å². The van der Waals surface area contributed by atoms with Crippen molar-refractivity contribution in [1.82, 2.24) is 5.32 Å². The zero-order chi connectivity index (χ0) is 13.0. The first-order valence-corrected chi connectivity index (χ1v) is 6.04. The summed E-state index contributed by atoms with van der Waals surface area (Å²) in [5.74, 6) is 0.681. The normalized spacial score (nSPS) is 15.0. The lowest BCUT2D eigenvalue weighted by atomic mass is 10.2. The van der Waals surface area contributed by atoms with Gasteiger partial charge in [0.15, 0.2) is 0 Å². The van der Waals surface area contributed by atoms with Crippen LogP contribution in [-0.2, 0) is 11.3 Å². The van der Waals surface area contributed by atoms with Crippen molar-refractivity contribution in [3.63, 3.8) is 0 Å². The fraction of sp³-hybridized carbons (Fsp3) is 0.357. The number of rotatable bonds is 6. The molecule has 1 aliphatic rings. The molecular formula is C14H19ClN2O2. The monoisotopic (exact) mass is 282 g/mol. The van der Waals surface area contributed by atoms with Crippen molar-refractivity contribution in [2.75, 3.05) is 6.61 Å². The summed E-state index contributed by atoms with van der Waals surface area (Å²) in [7, 11) is 0. The minimum Gasteiger partial charge on any atom is -0.489 e. The van der Waals surface area contributed by atoms with Gasteiger partial charge in [-0.15, -0.1) is 12.4 Å². The molecule has 1 aromatic rings. The number of carbonyl (C=O) groups excluding carboxylic acids is 1. The number of para-hydroxylation sites is 1. The highest BCUT2D eigenvalue weighted by Crippen LogP contribution is 2.32. The van der Waals surface area contributed by atoms with E-state index in [2.05, 4.69) is 11.9 Å². The summed E-state index contributed by atoms with van der Waals surface area (Å²) in [6, 6.07) is 7.61. The third-order valence-electron chi connectivity index (χ3n) is 3.01. The second-order valence-corrected chi connectivity index (χ2v) is 4.55. The zero-order valence-corrected chi connectivity index (χ0v) is 11.5. The molecule has 0 unspecified atom stereocenters. The highest BCUT2D eigenvalue weighted by atomic mass is 35.5. The lowest BCUT2D eigenvalue weighted by Gasteiger charge is -2.13. The van der Waals surface area contributed by atoms with E-state index in [1.807, 2.05) is 24.3 Å². The number of benzene rings is 1. The first-order valence-electron chi connectivity index (χ1n) is 6.04. The van der Waals surface area contributed by atoms with Gasteiger partial charge in [0.1, 0.15) is 12.4 Å². The molecule has 1 fully saturated rings. The van der Waals surface area contributed by atoms with Crippen molar-refractivity contribution >= 4 is 18.3 Å². The highest BCUT2D eigenvalue weighted by molar-refractivity contribution is 5.88. The van der Waals surface area contributed by atoms with E-state index < -0.39 is 5.54 Å². The van der Waals surface area contributed by atoms with Gasteiger partial charge in [0.2, 0.25) is 5.91 Å². The van der Waals surface area contributed by atoms with Crippen LogP contribution in [0, 0.1) is 0 Å². The van der Waals surface area contributed by atoms with E-state index in [1.54, 1.807) is 6.08 Å². The summed E-state index contributed by atoms with van der Waals surface area (Å²) in [4.78, 5) is 11.7. The Hall–Kier alpha value is -1.52. The molecule has 0 heterocycles. The molecule has 5 heteroatoms. The van der Waals surface area contributed by atoms with E-state index in [9.17, 15) is 4.79 Å². The van der Waals surface area contributed by atoms with Crippen LogP contribution in [-0.4, -0.2) is 18.1 Å². The molecule has 1 saturated carbocycles. The number of nitrogens with one attached hydrogen (secondary N) is 1. The molecule has 0 bridgehead atoms. The molecule has 0 spiro atoms. The van der Waals surface area contributed by atoms with Gasteiger partial charge in [0, 0.05) is 12.1 Å².